The maximum atomic E-state index is 13.6. The molecule has 3 saturated heterocycles. The van der Waals surface area contributed by atoms with Gasteiger partial charge in [0.05, 0.1) is 4.47 Å². The number of rotatable bonds is 8. The van der Waals surface area contributed by atoms with Gasteiger partial charge in [-0.25, -0.2) is 29.9 Å². The number of nitrogens with zero attached hydrogens (tertiary/aromatic N) is 12. The largest absolute Gasteiger partial charge is 1.00 e. The van der Waals surface area contributed by atoms with Crippen molar-refractivity contribution < 1.29 is 80.8 Å². The average Bonchev–Trinajstić information content (AvgIpc) is 1.58. The third kappa shape index (κ3) is 14.0. The number of piperidine rings is 3. The van der Waals surface area contributed by atoms with Gasteiger partial charge in [-0.3, -0.25) is 52.1 Å². The molecular weight excluding hydrogens is 1300 g/mol. The first-order chi connectivity index (χ1) is 43.7. The van der Waals surface area contributed by atoms with Crippen LogP contribution in [0.15, 0.2) is 56.0 Å². The molecule has 8 aliphatic rings. The van der Waals surface area contributed by atoms with Crippen LogP contribution in [0.4, 0.5) is 46.3 Å². The van der Waals surface area contributed by atoms with E-state index in [1.54, 1.807) is 52.7 Å². The molecule has 2 aliphatic carbocycles. The maximum absolute atomic E-state index is 13.6. The molecule has 0 bridgehead atoms. The molecule has 14 rings (SSSR count). The first kappa shape index (κ1) is 70.9. The van der Waals surface area contributed by atoms with Crippen LogP contribution in [-0.4, -0.2) is 154 Å². The topological polar surface area (TPSA) is 405 Å². The number of fused-ring (bicyclic) bond motifs is 6. The second-order valence-electron chi connectivity index (χ2n) is 25.4. The van der Waals surface area contributed by atoms with Crippen molar-refractivity contribution in [1.82, 2.24) is 74.3 Å². The van der Waals surface area contributed by atoms with E-state index in [0.29, 0.717) is 105 Å². The number of nitrogens with one attached hydrogen (secondary N) is 7. The van der Waals surface area contributed by atoms with Crippen molar-refractivity contribution >= 4 is 91.7 Å². The van der Waals surface area contributed by atoms with Gasteiger partial charge in [-0.1, -0.05) is 0 Å². The fraction of sp³-hybridized carbons (Fsp3) is 0.484. The van der Waals surface area contributed by atoms with Gasteiger partial charge < -0.3 is 68.9 Å². The molecule has 5 fully saturated rings. The molecule has 494 valence electrons. The standard InChI is InChI=1S/C22H27N7O3.C18H23N7O2.C13H16BrN3O2.C9H12N4O.K.H2O/c1-12-10-15(25-17-13(2)18(24-11-23-17)26-19(30)14-4-5-14)21(32)29-16(12)20(31)27-22(29)6-8-28(3)9-7-22;1-10-8-12(22-15-11(2)14(19)20-9-21-15)17(27)25-13(10)16(26)23-18(25)4-6-24(3)7-5-18;1-8-7-9(14)12(19)17-10(8)11(18)15-13(17)3-5-16(2)6-4-13;1-5-7(10)11-4-12-8(5)13-9(14)6-2-3-6;;/h10-11,14H,4-9H2,1-3H3,(H,27,31)(H2,23,24,25,26,30);8-9H,4-7H2,1-3H3,(H,23,26)(H3,19,20,21,22);7H,3-6H2,1-2H3,(H,15,18);4,6H,2-3H2,1H3,(H3,10,11,12,13,14);;1H2/q;;;;+1;/p-1. The zero-order valence-electron chi connectivity index (χ0n) is 54.5. The van der Waals surface area contributed by atoms with Crippen molar-refractivity contribution in [3.05, 3.63) is 123 Å². The van der Waals surface area contributed by atoms with E-state index < -0.39 is 17.0 Å². The molecule has 5 amide bonds. The number of carbonyl (C=O) groups excluding carboxylic acids is 5. The summed E-state index contributed by atoms with van der Waals surface area (Å²) in [6, 6.07) is 5.10. The predicted octanol–water partition coefficient (Wildman–Crippen LogP) is 0.756. The van der Waals surface area contributed by atoms with E-state index in [1.807, 2.05) is 34.9 Å². The normalized spacial score (nSPS) is 18.6. The van der Waals surface area contributed by atoms with Gasteiger partial charge in [-0.2, -0.15) is 0 Å². The number of likely N-dealkylation sites (tertiary alicyclic amines) is 3. The Hall–Kier alpha value is -7.40. The maximum Gasteiger partial charge on any atom is 1.00 e. The molecule has 94 heavy (non-hydrogen) atoms. The van der Waals surface area contributed by atoms with E-state index in [0.717, 1.165) is 100 Å². The summed E-state index contributed by atoms with van der Waals surface area (Å²) in [4.78, 5) is 131. The SMILES string of the molecule is Cc1c(N)ncnc1NC(=O)C1CC1.Cc1cc(Br)c(=O)n2c1C(=O)NC21CCN(C)CC1.Cc1cc(Nc2ncnc(N)c2C)c(=O)n2c1C(=O)NC21CCN(C)CC1.Cc1cc(Nc2ncnc(NC(=O)C3CC3)c2C)c(=O)n2c1C(=O)NC21CCN(C)CC1.[K+].[OH-]. The number of hydrogen-bond donors (Lipinski definition) is 9. The summed E-state index contributed by atoms with van der Waals surface area (Å²) in [6.45, 7) is 15.9. The number of aromatic nitrogens is 9. The van der Waals surface area contributed by atoms with Crippen LogP contribution >= 0.6 is 15.9 Å². The molecule has 12 heterocycles. The minimum atomic E-state index is -0.706. The first-order valence-electron chi connectivity index (χ1n) is 30.9. The minimum Gasteiger partial charge on any atom is -0.870 e. The Bertz CT molecular complexity index is 4180. The number of nitrogens with two attached hydrogens (primary N) is 2. The van der Waals surface area contributed by atoms with E-state index in [2.05, 4.69) is 105 Å². The van der Waals surface area contributed by atoms with Crippen molar-refractivity contribution in [2.75, 3.05) is 93.1 Å². The smallest absolute Gasteiger partial charge is 0.870 e. The molecule has 6 aromatic rings. The molecule has 3 spiro atoms. The van der Waals surface area contributed by atoms with E-state index in [1.165, 1.54) is 19.0 Å². The molecule has 2 saturated carbocycles. The van der Waals surface area contributed by atoms with E-state index in [-0.39, 0.29) is 115 Å². The number of anilines is 8. The number of aryl methyl sites for hydroxylation is 3. The van der Waals surface area contributed by atoms with Gasteiger partial charge in [0.25, 0.3) is 34.4 Å². The molecule has 6 aliphatic heterocycles. The summed E-state index contributed by atoms with van der Waals surface area (Å²) < 4.78 is 5.46. The number of pyridine rings is 3. The summed E-state index contributed by atoms with van der Waals surface area (Å²) in [5.74, 6) is 2.33. The third-order valence-electron chi connectivity index (χ3n) is 18.8. The third-order valence-corrected chi connectivity index (χ3v) is 19.3. The molecule has 0 unspecified atom stereocenters. The van der Waals surface area contributed by atoms with E-state index >= 15 is 0 Å². The first-order valence-corrected chi connectivity index (χ1v) is 31.6. The second kappa shape index (κ2) is 28.1. The summed E-state index contributed by atoms with van der Waals surface area (Å²) in [7, 11) is 6.13. The Morgan fingerprint density at radius 2 is 0.777 bits per heavy atom. The van der Waals surface area contributed by atoms with Gasteiger partial charge in [0.2, 0.25) is 11.8 Å². The van der Waals surface area contributed by atoms with Gasteiger partial charge in [-0.15, -0.1) is 0 Å². The predicted molar refractivity (Wildman–Crippen MR) is 351 cm³/mol. The number of halogens is 1. The summed E-state index contributed by atoms with van der Waals surface area (Å²) >= 11 is 3.30. The molecule has 30 nitrogen and oxygen atoms in total. The van der Waals surface area contributed by atoms with Crippen LogP contribution in [0.3, 0.4) is 0 Å². The molecule has 6 aromatic heterocycles. The van der Waals surface area contributed by atoms with Crippen molar-refractivity contribution in [3.63, 3.8) is 0 Å². The fourth-order valence-corrected chi connectivity index (χ4v) is 13.2. The summed E-state index contributed by atoms with van der Waals surface area (Å²) in [5, 5.41) is 21.0. The quantitative estimate of drug-likeness (QED) is 0.0950. The van der Waals surface area contributed by atoms with Gasteiger partial charge >= 0.3 is 51.4 Å². The summed E-state index contributed by atoms with van der Waals surface area (Å²) in [5.41, 5.74) is 15.3. The Morgan fingerprint density at radius 1 is 0.479 bits per heavy atom. The van der Waals surface area contributed by atoms with Gasteiger partial charge in [0.1, 0.15) is 99.3 Å². The van der Waals surface area contributed by atoms with Crippen LogP contribution in [0.2, 0.25) is 0 Å². The van der Waals surface area contributed by atoms with Gasteiger partial charge in [0.15, 0.2) is 0 Å². The number of hydrogen-bond acceptors (Lipinski definition) is 22. The fourth-order valence-electron chi connectivity index (χ4n) is 12.7. The monoisotopic (exact) mass is 1380 g/mol. The van der Waals surface area contributed by atoms with Crippen LogP contribution in [0.5, 0.6) is 0 Å². The molecule has 0 radical (unpaired) electrons. The van der Waals surface area contributed by atoms with Crippen molar-refractivity contribution in [2.45, 2.75) is 123 Å². The number of amides is 5. The van der Waals surface area contributed by atoms with Crippen LogP contribution < -0.4 is 117 Å². The molecule has 12 N–H and O–H groups in total. The second-order valence-corrected chi connectivity index (χ2v) is 26.3. The molecular formula is C62H79BrKN21O9. The van der Waals surface area contributed by atoms with E-state index in [4.69, 9.17) is 11.5 Å². The zero-order valence-corrected chi connectivity index (χ0v) is 59.3. The molecule has 0 aromatic carbocycles. The Kier molecular flexibility index (Phi) is 21.2. The van der Waals surface area contributed by atoms with Crippen LogP contribution in [0, 0.1) is 53.4 Å². The van der Waals surface area contributed by atoms with Gasteiger partial charge in [0, 0.05) is 106 Å². The van der Waals surface area contributed by atoms with Crippen molar-refractivity contribution in [1.29, 1.82) is 0 Å². The van der Waals surface area contributed by atoms with Crippen LogP contribution in [0.25, 0.3) is 0 Å². The van der Waals surface area contributed by atoms with Crippen molar-refractivity contribution in [2.24, 2.45) is 11.8 Å². The van der Waals surface area contributed by atoms with Gasteiger partial charge in [-0.05, 0) is 139 Å². The van der Waals surface area contributed by atoms with Crippen molar-refractivity contribution in [3.8, 4) is 0 Å². The molecule has 0 atom stereocenters. The Morgan fingerprint density at radius 3 is 1.14 bits per heavy atom. The molecule has 32 heteroatoms. The number of nitrogen functional groups attached to an aromatic ring is 2. The Labute approximate surface area is 592 Å². The number of carbonyl (C=O) groups is 5. The van der Waals surface area contributed by atoms with Crippen LogP contribution in [-0.2, 0) is 26.6 Å². The zero-order chi connectivity index (χ0) is 65.9. The summed E-state index contributed by atoms with van der Waals surface area (Å²) in [6.07, 6.45) is 12.0. The Balaban J connectivity index is 0.000000153. The van der Waals surface area contributed by atoms with Crippen LogP contribution in [0.1, 0.15) is 129 Å². The minimum absolute atomic E-state index is 0. The van der Waals surface area contributed by atoms with E-state index in [9.17, 15) is 38.4 Å². The average molecular weight is 1380 g/mol.